The molecule has 0 aliphatic heterocycles. The van der Waals surface area contributed by atoms with Gasteiger partial charge in [0.05, 0.1) is 19.2 Å². The van der Waals surface area contributed by atoms with E-state index in [1.165, 1.54) is 0 Å². The summed E-state index contributed by atoms with van der Waals surface area (Å²) < 4.78 is 10.5. The second kappa shape index (κ2) is 11.5. The van der Waals surface area contributed by atoms with Gasteiger partial charge in [0, 0.05) is 64.9 Å². The van der Waals surface area contributed by atoms with Gasteiger partial charge in [-0.15, -0.1) is 11.3 Å². The number of hydrogen-bond donors (Lipinski definition) is 3. The molecule has 0 unspecified atom stereocenters. The molecule has 182 valence electrons. The molecule has 2 heterocycles. The Bertz CT molecular complexity index is 1300. The van der Waals surface area contributed by atoms with E-state index >= 15 is 0 Å². The summed E-state index contributed by atoms with van der Waals surface area (Å²) in [4.78, 5) is 32.4. The number of amides is 2. The summed E-state index contributed by atoms with van der Waals surface area (Å²) >= 11 is 1.57. The van der Waals surface area contributed by atoms with Crippen molar-refractivity contribution in [3.05, 3.63) is 70.3 Å². The summed E-state index contributed by atoms with van der Waals surface area (Å²) in [6.45, 7) is 0.616. The maximum atomic E-state index is 12.8. The molecular weight excluding hydrogens is 464 g/mol. The third-order valence-corrected chi connectivity index (χ3v) is 6.41. The summed E-state index contributed by atoms with van der Waals surface area (Å²) in [5.41, 5.74) is 3.21. The molecule has 0 saturated carbocycles. The summed E-state index contributed by atoms with van der Waals surface area (Å²) in [5, 5.41) is 9.73. The van der Waals surface area contributed by atoms with Crippen LogP contribution in [0.4, 0.5) is 5.69 Å². The van der Waals surface area contributed by atoms with Crippen LogP contribution in [0.15, 0.2) is 54.0 Å². The number of aromatic nitrogens is 2. The van der Waals surface area contributed by atoms with Crippen LogP contribution in [-0.2, 0) is 17.6 Å². The van der Waals surface area contributed by atoms with Crippen molar-refractivity contribution in [2.24, 2.45) is 0 Å². The van der Waals surface area contributed by atoms with E-state index in [1.807, 2.05) is 23.6 Å². The quantitative estimate of drug-likeness (QED) is 0.266. The SMILES string of the molecule is COc1ccc(NC(=O)c2ccc3[nH]c(CCCNC(=O)CCc4nccs4)cc3c2)cc1OC. The summed E-state index contributed by atoms with van der Waals surface area (Å²) in [7, 11) is 3.12. The van der Waals surface area contributed by atoms with Crippen LogP contribution in [0.5, 0.6) is 11.5 Å². The minimum atomic E-state index is -0.206. The van der Waals surface area contributed by atoms with Crippen LogP contribution in [-0.4, -0.2) is 42.5 Å². The van der Waals surface area contributed by atoms with E-state index in [9.17, 15) is 9.59 Å². The predicted octanol–water partition coefficient (Wildman–Crippen LogP) is 4.58. The van der Waals surface area contributed by atoms with E-state index in [4.69, 9.17) is 9.47 Å². The molecule has 4 aromatic rings. The molecule has 2 aromatic heterocycles. The van der Waals surface area contributed by atoms with E-state index in [2.05, 4.69) is 20.6 Å². The van der Waals surface area contributed by atoms with E-state index in [0.717, 1.165) is 34.4 Å². The van der Waals surface area contributed by atoms with Gasteiger partial charge in [-0.2, -0.15) is 0 Å². The molecule has 8 nitrogen and oxygen atoms in total. The number of carbonyl (C=O) groups is 2. The van der Waals surface area contributed by atoms with Crippen molar-refractivity contribution >= 4 is 39.7 Å². The first kappa shape index (κ1) is 24.3. The van der Waals surface area contributed by atoms with E-state index < -0.39 is 0 Å². The molecule has 35 heavy (non-hydrogen) atoms. The van der Waals surface area contributed by atoms with Gasteiger partial charge in [-0.3, -0.25) is 9.59 Å². The van der Waals surface area contributed by atoms with Crippen molar-refractivity contribution in [3.63, 3.8) is 0 Å². The highest BCUT2D eigenvalue weighted by Gasteiger charge is 2.11. The van der Waals surface area contributed by atoms with Crippen molar-refractivity contribution in [1.82, 2.24) is 15.3 Å². The molecule has 0 aliphatic rings. The summed E-state index contributed by atoms with van der Waals surface area (Å²) in [6, 6.07) is 12.9. The fourth-order valence-corrected chi connectivity index (χ4v) is 4.40. The van der Waals surface area contributed by atoms with Crippen molar-refractivity contribution in [1.29, 1.82) is 0 Å². The number of aromatic amines is 1. The molecule has 3 N–H and O–H groups in total. The third-order valence-electron chi connectivity index (χ3n) is 5.57. The first-order chi connectivity index (χ1) is 17.1. The Balaban J connectivity index is 1.29. The number of H-pyrrole nitrogens is 1. The minimum Gasteiger partial charge on any atom is -0.493 e. The van der Waals surface area contributed by atoms with Crippen LogP contribution in [0, 0.1) is 0 Å². The molecule has 0 fully saturated rings. The molecule has 0 spiro atoms. The van der Waals surface area contributed by atoms with Crippen LogP contribution in [0.25, 0.3) is 10.9 Å². The third kappa shape index (κ3) is 6.39. The second-order valence-electron chi connectivity index (χ2n) is 8.00. The Morgan fingerprint density at radius 3 is 2.66 bits per heavy atom. The van der Waals surface area contributed by atoms with Gasteiger partial charge in [0.1, 0.15) is 0 Å². The Kier molecular flexibility index (Phi) is 7.99. The molecule has 2 amide bonds. The average molecular weight is 493 g/mol. The second-order valence-corrected chi connectivity index (χ2v) is 8.98. The maximum Gasteiger partial charge on any atom is 0.255 e. The highest BCUT2D eigenvalue weighted by molar-refractivity contribution is 7.09. The molecule has 9 heteroatoms. The van der Waals surface area contributed by atoms with Crippen LogP contribution >= 0.6 is 11.3 Å². The highest BCUT2D eigenvalue weighted by atomic mass is 32.1. The van der Waals surface area contributed by atoms with Gasteiger partial charge in [0.25, 0.3) is 5.91 Å². The van der Waals surface area contributed by atoms with Crippen molar-refractivity contribution in [2.75, 3.05) is 26.1 Å². The molecule has 0 radical (unpaired) electrons. The predicted molar refractivity (Wildman–Crippen MR) is 138 cm³/mol. The standard InChI is InChI=1S/C26H28N4O4S/c1-33-22-8-6-20(16-23(22)34-2)30-26(32)17-5-7-21-18(14-17)15-19(29-21)4-3-11-27-24(31)9-10-25-28-12-13-35-25/h5-8,12-16,29H,3-4,9-11H2,1-2H3,(H,27,31)(H,30,32). The molecule has 0 atom stereocenters. The highest BCUT2D eigenvalue weighted by Crippen LogP contribution is 2.30. The lowest BCUT2D eigenvalue weighted by Crippen LogP contribution is -2.24. The molecule has 2 aromatic carbocycles. The van der Waals surface area contributed by atoms with E-state index in [0.29, 0.717) is 42.1 Å². The van der Waals surface area contributed by atoms with Gasteiger partial charge in [0.2, 0.25) is 5.91 Å². The van der Waals surface area contributed by atoms with Crippen LogP contribution in [0.2, 0.25) is 0 Å². The number of fused-ring (bicyclic) bond motifs is 1. The van der Waals surface area contributed by atoms with Crippen molar-refractivity contribution in [3.8, 4) is 11.5 Å². The molecular formula is C26H28N4O4S. The number of anilines is 1. The topological polar surface area (TPSA) is 105 Å². The van der Waals surface area contributed by atoms with Crippen LogP contribution in [0.1, 0.15) is 33.9 Å². The Labute approximate surface area is 207 Å². The maximum absolute atomic E-state index is 12.8. The van der Waals surface area contributed by atoms with Gasteiger partial charge >= 0.3 is 0 Å². The molecule has 4 rings (SSSR count). The fourth-order valence-electron chi connectivity index (χ4n) is 3.78. The normalized spacial score (nSPS) is 10.8. The number of aryl methyl sites for hydroxylation is 2. The Hall–Kier alpha value is -3.85. The number of ether oxygens (including phenoxy) is 2. The summed E-state index contributed by atoms with van der Waals surface area (Å²) in [6.07, 6.45) is 4.50. The summed E-state index contributed by atoms with van der Waals surface area (Å²) in [5.74, 6) is 0.984. The van der Waals surface area contributed by atoms with Gasteiger partial charge < -0.3 is 25.1 Å². The van der Waals surface area contributed by atoms with Gasteiger partial charge in [0.15, 0.2) is 11.5 Å². The van der Waals surface area contributed by atoms with Crippen molar-refractivity contribution in [2.45, 2.75) is 25.7 Å². The fraction of sp³-hybridized carbons (Fsp3) is 0.269. The Morgan fingerprint density at radius 1 is 1.03 bits per heavy atom. The lowest BCUT2D eigenvalue weighted by molar-refractivity contribution is -0.121. The first-order valence-corrected chi connectivity index (χ1v) is 12.2. The molecule has 0 saturated heterocycles. The largest absolute Gasteiger partial charge is 0.493 e. The molecule has 0 aliphatic carbocycles. The number of rotatable bonds is 11. The average Bonchev–Trinajstić information content (AvgIpc) is 3.54. The number of thiazole rings is 1. The van der Waals surface area contributed by atoms with Crippen LogP contribution < -0.4 is 20.1 Å². The van der Waals surface area contributed by atoms with E-state index in [-0.39, 0.29) is 11.8 Å². The minimum absolute atomic E-state index is 0.0435. The van der Waals surface area contributed by atoms with Crippen LogP contribution in [0.3, 0.4) is 0 Å². The molecule has 0 bridgehead atoms. The first-order valence-electron chi connectivity index (χ1n) is 11.4. The van der Waals surface area contributed by atoms with Gasteiger partial charge in [-0.25, -0.2) is 4.98 Å². The zero-order chi connectivity index (χ0) is 24.6. The van der Waals surface area contributed by atoms with E-state index in [1.54, 1.807) is 56.0 Å². The number of nitrogens with zero attached hydrogens (tertiary/aromatic N) is 1. The smallest absolute Gasteiger partial charge is 0.255 e. The van der Waals surface area contributed by atoms with Gasteiger partial charge in [-0.05, 0) is 49.2 Å². The number of methoxy groups -OCH3 is 2. The lowest BCUT2D eigenvalue weighted by Gasteiger charge is -2.10. The Morgan fingerprint density at radius 2 is 1.89 bits per heavy atom. The monoisotopic (exact) mass is 492 g/mol. The van der Waals surface area contributed by atoms with Gasteiger partial charge in [-0.1, -0.05) is 0 Å². The number of benzene rings is 2. The zero-order valence-electron chi connectivity index (χ0n) is 19.7. The zero-order valence-corrected chi connectivity index (χ0v) is 20.5. The van der Waals surface area contributed by atoms with Crippen molar-refractivity contribution < 1.29 is 19.1 Å². The lowest BCUT2D eigenvalue weighted by atomic mass is 10.1. The number of carbonyl (C=O) groups excluding carboxylic acids is 2. The number of nitrogens with one attached hydrogen (secondary N) is 3. The number of hydrogen-bond acceptors (Lipinski definition) is 6.